The summed E-state index contributed by atoms with van der Waals surface area (Å²) in [6.07, 6.45) is 0. The van der Waals surface area contributed by atoms with Crippen LogP contribution in [0.1, 0.15) is 20.7 Å². The summed E-state index contributed by atoms with van der Waals surface area (Å²) in [5, 5.41) is 11.3. The normalized spacial score (nSPS) is 10.3. The number of pyridine rings is 1. The summed E-state index contributed by atoms with van der Waals surface area (Å²) in [5.74, 6) is -1.06. The standard InChI is InChI=1S/C18H14N4O6/c1-28-13-5-6-15-11(8-13)9-14(17(24)19-15)18(25)21-20-16(23)10-3-2-4-12(7-10)22(26)27/h2-9H,1H3,(H,19,24)(H,20,23)(H,21,25). The zero-order valence-corrected chi connectivity index (χ0v) is 14.5. The molecular formula is C18H14N4O6. The third kappa shape index (κ3) is 3.80. The monoisotopic (exact) mass is 382 g/mol. The minimum absolute atomic E-state index is 0.0216. The molecule has 0 fully saturated rings. The molecule has 2 aromatic carbocycles. The Morgan fingerprint density at radius 1 is 1.07 bits per heavy atom. The van der Waals surface area contributed by atoms with E-state index >= 15 is 0 Å². The molecule has 3 N–H and O–H groups in total. The summed E-state index contributed by atoms with van der Waals surface area (Å²) in [6, 6.07) is 11.3. The summed E-state index contributed by atoms with van der Waals surface area (Å²) >= 11 is 0. The van der Waals surface area contributed by atoms with Crippen molar-refractivity contribution >= 4 is 28.4 Å². The number of carbonyl (C=O) groups excluding carboxylic acids is 2. The smallest absolute Gasteiger partial charge is 0.275 e. The van der Waals surface area contributed by atoms with Crippen molar-refractivity contribution in [3.05, 3.63) is 80.1 Å². The molecule has 0 aliphatic rings. The van der Waals surface area contributed by atoms with E-state index in [-0.39, 0.29) is 16.8 Å². The van der Waals surface area contributed by atoms with Crippen molar-refractivity contribution in [3.8, 4) is 5.75 Å². The van der Waals surface area contributed by atoms with E-state index < -0.39 is 22.3 Å². The largest absolute Gasteiger partial charge is 0.497 e. The van der Waals surface area contributed by atoms with Crippen LogP contribution < -0.4 is 21.1 Å². The van der Waals surface area contributed by atoms with Crippen molar-refractivity contribution in [2.75, 3.05) is 7.11 Å². The van der Waals surface area contributed by atoms with E-state index in [1.807, 2.05) is 0 Å². The molecule has 0 bridgehead atoms. The second-order valence-electron chi connectivity index (χ2n) is 5.68. The number of carbonyl (C=O) groups is 2. The molecule has 0 unspecified atom stereocenters. The van der Waals surface area contributed by atoms with Crippen LogP contribution in [0.2, 0.25) is 0 Å². The van der Waals surface area contributed by atoms with Gasteiger partial charge < -0.3 is 9.72 Å². The van der Waals surface area contributed by atoms with Crippen molar-refractivity contribution in [2.24, 2.45) is 0 Å². The predicted molar refractivity (Wildman–Crippen MR) is 99.1 cm³/mol. The van der Waals surface area contributed by atoms with Gasteiger partial charge in [-0.3, -0.25) is 35.3 Å². The Balaban J connectivity index is 1.78. The Labute approximate surface area is 157 Å². The topological polar surface area (TPSA) is 143 Å². The van der Waals surface area contributed by atoms with E-state index in [2.05, 4.69) is 15.8 Å². The van der Waals surface area contributed by atoms with Crippen LogP contribution in [0.15, 0.2) is 53.3 Å². The van der Waals surface area contributed by atoms with Crippen molar-refractivity contribution < 1.29 is 19.2 Å². The van der Waals surface area contributed by atoms with E-state index in [1.54, 1.807) is 18.2 Å². The van der Waals surface area contributed by atoms with Crippen LogP contribution in [0.3, 0.4) is 0 Å². The third-order valence-corrected chi connectivity index (χ3v) is 3.90. The van der Waals surface area contributed by atoms with Crippen molar-refractivity contribution in [2.45, 2.75) is 0 Å². The fourth-order valence-corrected chi connectivity index (χ4v) is 2.49. The Kier molecular flexibility index (Phi) is 5.03. The van der Waals surface area contributed by atoms with Crippen LogP contribution in [0.25, 0.3) is 10.9 Å². The van der Waals surface area contributed by atoms with Gasteiger partial charge >= 0.3 is 0 Å². The van der Waals surface area contributed by atoms with Gasteiger partial charge in [0.05, 0.1) is 12.0 Å². The first kappa shape index (κ1) is 18.6. The maximum atomic E-state index is 12.3. The highest BCUT2D eigenvalue weighted by molar-refractivity contribution is 6.00. The Bertz CT molecular complexity index is 1150. The number of rotatable bonds is 4. The molecule has 3 rings (SSSR count). The van der Waals surface area contributed by atoms with E-state index in [9.17, 15) is 24.5 Å². The molecule has 10 heteroatoms. The fourth-order valence-electron chi connectivity index (χ4n) is 2.49. The number of benzene rings is 2. The number of hydrogen-bond donors (Lipinski definition) is 3. The van der Waals surface area contributed by atoms with Crippen molar-refractivity contribution in [3.63, 3.8) is 0 Å². The second-order valence-corrected chi connectivity index (χ2v) is 5.68. The lowest BCUT2D eigenvalue weighted by Gasteiger charge is -2.08. The molecule has 0 aliphatic heterocycles. The number of methoxy groups -OCH3 is 1. The molecule has 0 atom stereocenters. The number of non-ortho nitro benzene ring substituents is 1. The van der Waals surface area contributed by atoms with Gasteiger partial charge in [0.15, 0.2) is 0 Å². The van der Waals surface area contributed by atoms with Crippen LogP contribution in [-0.4, -0.2) is 28.8 Å². The molecule has 0 saturated heterocycles. The zero-order valence-electron chi connectivity index (χ0n) is 14.5. The molecule has 1 aromatic heterocycles. The quantitative estimate of drug-likeness (QED) is 0.461. The van der Waals surface area contributed by atoms with E-state index in [4.69, 9.17) is 4.74 Å². The summed E-state index contributed by atoms with van der Waals surface area (Å²) in [5.41, 5.74) is 3.61. The molecule has 1 heterocycles. The minimum Gasteiger partial charge on any atom is -0.497 e. The Hall–Kier alpha value is -4.21. The van der Waals surface area contributed by atoms with Crippen molar-refractivity contribution in [1.82, 2.24) is 15.8 Å². The average Bonchev–Trinajstić information content (AvgIpc) is 2.70. The Morgan fingerprint density at radius 2 is 1.82 bits per heavy atom. The van der Waals surface area contributed by atoms with Gasteiger partial charge in [0.2, 0.25) is 0 Å². The number of nitro benzene ring substituents is 1. The number of ether oxygens (including phenoxy) is 1. The molecule has 0 saturated carbocycles. The summed E-state index contributed by atoms with van der Waals surface area (Å²) < 4.78 is 5.11. The number of nitrogens with one attached hydrogen (secondary N) is 3. The van der Waals surface area contributed by atoms with Gasteiger partial charge in [0.25, 0.3) is 23.1 Å². The van der Waals surface area contributed by atoms with Gasteiger partial charge in [-0.2, -0.15) is 0 Å². The number of nitro groups is 1. The van der Waals surface area contributed by atoms with E-state index in [1.165, 1.54) is 31.4 Å². The lowest BCUT2D eigenvalue weighted by molar-refractivity contribution is -0.384. The predicted octanol–water partition coefficient (Wildman–Crippen LogP) is 1.52. The molecule has 0 aliphatic carbocycles. The molecule has 142 valence electrons. The average molecular weight is 382 g/mol. The molecule has 0 spiro atoms. The SMILES string of the molecule is COc1ccc2[nH]c(=O)c(C(=O)NNC(=O)c3cccc([N+](=O)[O-])c3)cc2c1. The van der Waals surface area contributed by atoms with E-state index in [0.29, 0.717) is 16.7 Å². The fraction of sp³-hybridized carbons (Fsp3) is 0.0556. The number of aromatic nitrogens is 1. The lowest BCUT2D eigenvalue weighted by Crippen LogP contribution is -2.43. The summed E-state index contributed by atoms with van der Waals surface area (Å²) in [7, 11) is 1.49. The first-order valence-electron chi connectivity index (χ1n) is 7.95. The molecular weight excluding hydrogens is 368 g/mol. The van der Waals surface area contributed by atoms with Crippen LogP contribution >= 0.6 is 0 Å². The third-order valence-electron chi connectivity index (χ3n) is 3.90. The van der Waals surface area contributed by atoms with Gasteiger partial charge in [0, 0.05) is 28.6 Å². The maximum Gasteiger partial charge on any atom is 0.275 e. The highest BCUT2D eigenvalue weighted by Crippen LogP contribution is 2.18. The minimum atomic E-state index is -0.843. The van der Waals surface area contributed by atoms with Crippen molar-refractivity contribution in [1.29, 1.82) is 0 Å². The number of aromatic amines is 1. The molecule has 3 aromatic rings. The molecule has 2 amide bonds. The highest BCUT2D eigenvalue weighted by atomic mass is 16.6. The molecule has 28 heavy (non-hydrogen) atoms. The number of hydrazine groups is 1. The second kappa shape index (κ2) is 7.58. The number of H-pyrrole nitrogens is 1. The number of amides is 2. The molecule has 0 radical (unpaired) electrons. The van der Waals surface area contributed by atoms with Gasteiger partial charge in [-0.25, -0.2) is 0 Å². The first-order valence-corrected chi connectivity index (χ1v) is 7.95. The molecule has 10 nitrogen and oxygen atoms in total. The number of hydrogen-bond acceptors (Lipinski definition) is 6. The van der Waals surface area contributed by atoms with Crippen LogP contribution in [-0.2, 0) is 0 Å². The van der Waals surface area contributed by atoms with Gasteiger partial charge in [0.1, 0.15) is 11.3 Å². The van der Waals surface area contributed by atoms with Crippen LogP contribution in [0, 0.1) is 10.1 Å². The van der Waals surface area contributed by atoms with Crippen LogP contribution in [0.5, 0.6) is 5.75 Å². The van der Waals surface area contributed by atoms with E-state index in [0.717, 1.165) is 6.07 Å². The number of nitrogens with zero attached hydrogens (tertiary/aromatic N) is 1. The summed E-state index contributed by atoms with van der Waals surface area (Å²) in [6.45, 7) is 0. The van der Waals surface area contributed by atoms with Gasteiger partial charge in [-0.15, -0.1) is 0 Å². The highest BCUT2D eigenvalue weighted by Gasteiger charge is 2.15. The maximum absolute atomic E-state index is 12.3. The van der Waals surface area contributed by atoms with Gasteiger partial charge in [-0.1, -0.05) is 6.07 Å². The zero-order chi connectivity index (χ0) is 20.3. The van der Waals surface area contributed by atoms with Crippen LogP contribution in [0.4, 0.5) is 5.69 Å². The van der Waals surface area contributed by atoms with Gasteiger partial charge in [-0.05, 0) is 30.3 Å². The number of fused-ring (bicyclic) bond motifs is 1. The Morgan fingerprint density at radius 3 is 2.54 bits per heavy atom. The first-order chi connectivity index (χ1) is 13.4. The summed E-state index contributed by atoms with van der Waals surface area (Å²) in [4.78, 5) is 49.2. The lowest BCUT2D eigenvalue weighted by atomic mass is 10.1.